The molecule has 0 fully saturated rings. The summed E-state index contributed by atoms with van der Waals surface area (Å²) in [6.45, 7) is 13.4. The number of rotatable bonds is 12. The van der Waals surface area contributed by atoms with Gasteiger partial charge in [0.15, 0.2) is 0 Å². The zero-order valence-electron chi connectivity index (χ0n) is 32.5. The molecule has 65 heavy (non-hydrogen) atoms. The average Bonchev–Trinajstić information content (AvgIpc) is 3.74. The normalized spacial score (nSPS) is 11.0. The summed E-state index contributed by atoms with van der Waals surface area (Å²) in [6.07, 6.45) is 7.68. The van der Waals surface area contributed by atoms with Crippen LogP contribution in [0.25, 0.3) is 0 Å². The van der Waals surface area contributed by atoms with E-state index in [2.05, 4.69) is 47.0 Å². The first-order valence-electron chi connectivity index (χ1n) is 14.9. The Bertz CT molecular complexity index is 1940. The number of carboxylic acids is 10. The number of carbonyl (C=O) groups excluding carboxylic acids is 4. The van der Waals surface area contributed by atoms with Crippen molar-refractivity contribution in [2.24, 2.45) is 0 Å². The van der Waals surface area contributed by atoms with Gasteiger partial charge in [-0.3, -0.25) is 24.3 Å². The third-order valence-electron chi connectivity index (χ3n) is 3.80. The van der Waals surface area contributed by atoms with Crippen LogP contribution in [0.5, 0.6) is 0 Å². The predicted octanol–water partition coefficient (Wildman–Crippen LogP) is -0.293. The minimum atomic E-state index is -3.90. The fraction of sp³-hybridized carbons (Fsp3) is 0.0588. The lowest BCUT2D eigenvalue weighted by molar-refractivity contribution is -0.150. The third kappa shape index (κ3) is 79.8. The van der Waals surface area contributed by atoms with E-state index in [0.29, 0.717) is 35.8 Å². The Hall–Kier alpha value is -8.97. The zero-order valence-corrected chi connectivity index (χ0v) is 34.9. The maximum atomic E-state index is 10.0. The van der Waals surface area contributed by atoms with Gasteiger partial charge >= 0.3 is 71.6 Å². The van der Waals surface area contributed by atoms with E-state index in [-0.39, 0.29) is 27.4 Å². The van der Waals surface area contributed by atoms with Gasteiger partial charge in [0.25, 0.3) is 21.9 Å². The van der Waals surface area contributed by atoms with E-state index in [0.717, 1.165) is 18.2 Å². The molecule has 2 aliphatic heterocycles. The first kappa shape index (κ1) is 70.6. The minimum Gasteiger partial charge on any atom is -0.481 e. The second kappa shape index (κ2) is 41.8. The molecule has 0 bridgehead atoms. The molecule has 12 N–H and O–H groups in total. The molecule has 0 spiro atoms. The van der Waals surface area contributed by atoms with Gasteiger partial charge in [0.05, 0.1) is 11.8 Å². The van der Waals surface area contributed by atoms with Crippen molar-refractivity contribution in [2.75, 3.05) is 0 Å². The van der Waals surface area contributed by atoms with Crippen molar-refractivity contribution in [3.8, 4) is 0 Å². The molecule has 2 rings (SSSR count). The highest BCUT2D eigenvalue weighted by Gasteiger charge is 2.10. The van der Waals surface area contributed by atoms with Crippen LogP contribution in [0.1, 0.15) is 13.3 Å². The van der Waals surface area contributed by atoms with Crippen LogP contribution in [0.4, 0.5) is 0 Å². The largest absolute Gasteiger partial charge is 0.481 e. The van der Waals surface area contributed by atoms with Crippen LogP contribution >= 0.6 is 15.9 Å². The minimum absolute atomic E-state index is 0.176. The van der Waals surface area contributed by atoms with Gasteiger partial charge in [-0.15, -0.1) is 0 Å². The number of esters is 2. The van der Waals surface area contributed by atoms with E-state index in [4.69, 9.17) is 55.6 Å². The van der Waals surface area contributed by atoms with E-state index >= 15 is 0 Å². The van der Waals surface area contributed by atoms with Crippen molar-refractivity contribution >= 4 is 109 Å². The fourth-order valence-electron chi connectivity index (χ4n) is 1.37. The molecule has 0 atom stereocenters. The highest BCUT2D eigenvalue weighted by atomic mass is 79.9. The van der Waals surface area contributed by atoms with Crippen molar-refractivity contribution < 1.29 is 136 Å². The maximum Gasteiger partial charge on any atom is 0.343 e. The quantitative estimate of drug-likeness (QED) is 0.0393. The van der Waals surface area contributed by atoms with E-state index < -0.39 is 88.2 Å². The van der Waals surface area contributed by atoms with Crippen LogP contribution in [-0.2, 0) is 82.0 Å². The Labute approximate surface area is 371 Å². The van der Waals surface area contributed by atoms with Crippen LogP contribution in [0.2, 0.25) is 0 Å². The number of carbonyl (C=O) groups is 14. The number of amides is 2. The topological polar surface area (TPSA) is 517 Å². The maximum absolute atomic E-state index is 10.0. The molecule has 0 aromatic heterocycles. The van der Waals surface area contributed by atoms with E-state index in [9.17, 15) is 75.5 Å². The molecular weight excluding hydrogens is 982 g/mol. The highest BCUT2D eigenvalue weighted by molar-refractivity contribution is 9.12. The number of hydrogen-bond acceptors (Lipinski definition) is 17. The van der Waals surface area contributed by atoms with Gasteiger partial charge in [-0.25, -0.2) is 52.7 Å². The lowest BCUT2D eigenvalue weighted by atomic mass is 10.2. The molecule has 2 aliphatic rings. The number of carboxylic acid groups (broad SMARTS) is 10. The lowest BCUT2D eigenvalue weighted by Crippen LogP contribution is -2.19. The number of nitrogens with one attached hydrogen (secondary N) is 1. The van der Waals surface area contributed by atoms with E-state index in [1.807, 2.05) is 5.32 Å². The second-order valence-electron chi connectivity index (χ2n) is 9.20. The Kier molecular flexibility index (Phi) is 45.3. The van der Waals surface area contributed by atoms with Crippen LogP contribution in [0.15, 0.2) is 108 Å². The van der Waals surface area contributed by atoms with Gasteiger partial charge < -0.3 is 55.8 Å². The first-order valence-corrected chi connectivity index (χ1v) is 17.2. The van der Waals surface area contributed by atoms with Crippen LogP contribution < -0.4 is 5.32 Å². The van der Waals surface area contributed by atoms with Crippen molar-refractivity contribution in [3.63, 3.8) is 0 Å². The summed E-state index contributed by atoms with van der Waals surface area (Å²) in [7, 11) is -3.90. The number of ether oxygens (including phenoxy) is 1. The molecule has 31 heteroatoms. The lowest BCUT2D eigenvalue weighted by Gasteiger charge is -1.91. The average molecular weight is 1020 g/mol. The summed E-state index contributed by atoms with van der Waals surface area (Å²) in [5.74, 6) is -13.8. The number of imide groups is 1. The number of hydrogen-bond donors (Lipinski definition) is 12. The Morgan fingerprint density at radius 2 is 0.892 bits per heavy atom. The molecule has 0 unspecified atom stereocenters. The van der Waals surface area contributed by atoms with Crippen molar-refractivity contribution in [2.45, 2.75) is 13.3 Å². The van der Waals surface area contributed by atoms with Crippen LogP contribution in [0, 0.1) is 0 Å². The van der Waals surface area contributed by atoms with Crippen LogP contribution in [0.3, 0.4) is 0 Å². The molecule has 29 nitrogen and oxygen atoms in total. The highest BCUT2D eigenvalue weighted by Crippen LogP contribution is 2.02. The van der Waals surface area contributed by atoms with Gasteiger partial charge in [-0.05, 0) is 22.9 Å². The molecule has 0 aromatic rings. The van der Waals surface area contributed by atoms with E-state index in [1.165, 1.54) is 19.1 Å². The number of aliphatic carboxylic acids is 10. The van der Waals surface area contributed by atoms with Gasteiger partial charge in [0.1, 0.15) is 4.48 Å². The fourth-order valence-corrected chi connectivity index (χ4v) is 1.57. The standard InChI is InChI=1S/C5H6O4.C4H3BrO4.C4H3NO2.2C4H4O4.C4H2O3.C4H6O2.C3H4O2.C2H4O3S/c1-3(5(8)9)2-4(6)7;5-2(4(8)9)1-3(6)7;6-3-1-2-4(7)5-3;2*5-3(6)1-2-4(7)8;5-3-1-2-4(6)7-3;1-3(2)4(5)6;1-2-3(4)5;1-2-6(3,4)5/h1-2H2,(H,6,7)(H,8,9);1H,(H,6,7)(H,8,9);1-2H,(H,5,6,7);2*1-2H,(H,5,6)(H,7,8);1-2H;1H2,2H3,(H,5,6);2H,1H2,(H,4,5);2H,1H2,(H,3,4,5)/b;2-1+;;2-1+;2-1-;;;;. The van der Waals surface area contributed by atoms with Gasteiger partial charge in [0.2, 0.25) is 0 Å². The van der Waals surface area contributed by atoms with Crippen molar-refractivity contribution in [3.05, 3.63) is 108 Å². The smallest absolute Gasteiger partial charge is 0.343 e. The molecule has 0 aliphatic carbocycles. The van der Waals surface area contributed by atoms with Crippen molar-refractivity contribution in [1.29, 1.82) is 0 Å². The number of halogens is 1. The molecular formula is C34H36BrNO28S. The summed E-state index contributed by atoms with van der Waals surface area (Å²) in [4.78, 5) is 136. The van der Waals surface area contributed by atoms with Gasteiger partial charge in [-0.1, -0.05) is 26.3 Å². The Morgan fingerprint density at radius 3 is 0.969 bits per heavy atom. The first-order chi connectivity index (χ1) is 29.4. The molecule has 0 saturated heterocycles. The van der Waals surface area contributed by atoms with Gasteiger partial charge in [0, 0.05) is 71.9 Å². The second-order valence-corrected chi connectivity index (χ2v) is 11.4. The summed E-state index contributed by atoms with van der Waals surface area (Å²) in [5, 5.41) is 81.3. The molecule has 358 valence electrons. The molecule has 0 saturated carbocycles. The predicted molar refractivity (Wildman–Crippen MR) is 215 cm³/mol. The zero-order chi connectivity index (χ0) is 53.2. The summed E-state index contributed by atoms with van der Waals surface area (Å²) < 4.78 is 30.2. The molecule has 2 amide bonds. The Balaban J connectivity index is -0.000000117. The monoisotopic (exact) mass is 1020 g/mol. The third-order valence-corrected chi connectivity index (χ3v) is 4.79. The number of cyclic esters (lactones) is 2. The molecule has 0 radical (unpaired) electrons. The summed E-state index contributed by atoms with van der Waals surface area (Å²) >= 11 is 2.52. The SMILES string of the molecule is C=C(C)C(=O)O.C=C(CC(=O)O)C(=O)O.C=CC(=O)O.C=CS(=O)(=O)O.O=C(O)/C=C(/Br)C(=O)O.O=C(O)/C=C/C(=O)O.O=C(O)/C=C\C(=O)O.O=C1C=CC(=O)N1.O=C1C=CC(=O)O1. The summed E-state index contributed by atoms with van der Waals surface area (Å²) in [5.41, 5.74) is -0.127. The van der Waals surface area contributed by atoms with Crippen molar-refractivity contribution in [1.82, 2.24) is 5.32 Å². The molecule has 2 heterocycles. The van der Waals surface area contributed by atoms with E-state index in [1.54, 1.807) is 0 Å². The molecule has 0 aromatic carbocycles. The summed E-state index contributed by atoms with van der Waals surface area (Å²) in [6, 6.07) is 0. The van der Waals surface area contributed by atoms with Gasteiger partial charge in [-0.2, -0.15) is 8.42 Å². The van der Waals surface area contributed by atoms with Crippen LogP contribution in [-0.4, -0.2) is 147 Å². The Morgan fingerprint density at radius 1 is 0.600 bits per heavy atom.